The van der Waals surface area contributed by atoms with Crippen LogP contribution in [0.15, 0.2) is 30.3 Å². The molecule has 0 radical (unpaired) electrons. The van der Waals surface area contributed by atoms with Gasteiger partial charge in [-0.05, 0) is 38.7 Å². The molecule has 2 rings (SSSR count). The lowest BCUT2D eigenvalue weighted by Gasteiger charge is -2.28. The van der Waals surface area contributed by atoms with Crippen LogP contribution >= 0.6 is 0 Å². The van der Waals surface area contributed by atoms with E-state index in [4.69, 9.17) is 9.47 Å². The maximum Gasteiger partial charge on any atom is 0.242 e. The van der Waals surface area contributed by atoms with Gasteiger partial charge < -0.3 is 19.7 Å². The van der Waals surface area contributed by atoms with Crippen molar-refractivity contribution in [1.29, 1.82) is 0 Å². The zero-order chi connectivity index (χ0) is 20.9. The van der Waals surface area contributed by atoms with Crippen molar-refractivity contribution in [3.8, 4) is 0 Å². The van der Waals surface area contributed by atoms with Crippen molar-refractivity contribution in [2.75, 3.05) is 32.8 Å². The Labute approximate surface area is 174 Å². The van der Waals surface area contributed by atoms with Crippen LogP contribution in [0.5, 0.6) is 0 Å². The number of carbonyl (C=O) groups is 2. The van der Waals surface area contributed by atoms with Crippen molar-refractivity contribution in [3.63, 3.8) is 0 Å². The standard InChI is InChI=1S/C23H36N2O4/c1-3-28-22(29-4-2)18-25(16-15-19-11-7-5-8-12-19)21(26)17-24-23(27)20-13-9-6-10-14-20/h5,7-8,11-12,20,22H,3-4,6,9-10,13-18H2,1-2H3,(H,24,27). The zero-order valence-electron chi connectivity index (χ0n) is 17.9. The monoisotopic (exact) mass is 404 g/mol. The summed E-state index contributed by atoms with van der Waals surface area (Å²) in [6.07, 6.45) is 5.53. The summed E-state index contributed by atoms with van der Waals surface area (Å²) in [5.41, 5.74) is 1.17. The van der Waals surface area contributed by atoms with E-state index in [0.717, 1.165) is 32.1 Å². The molecule has 1 aromatic carbocycles. The second kappa shape index (κ2) is 13.3. The summed E-state index contributed by atoms with van der Waals surface area (Å²) in [4.78, 5) is 27.0. The van der Waals surface area contributed by atoms with Gasteiger partial charge in [-0.2, -0.15) is 0 Å². The minimum atomic E-state index is -0.459. The lowest BCUT2D eigenvalue weighted by atomic mass is 9.89. The highest BCUT2D eigenvalue weighted by molar-refractivity contribution is 5.85. The molecule has 1 saturated carbocycles. The van der Waals surface area contributed by atoms with Crippen LogP contribution in [0.2, 0.25) is 0 Å². The highest BCUT2D eigenvalue weighted by Gasteiger charge is 2.24. The fraction of sp³-hybridized carbons (Fsp3) is 0.652. The molecule has 0 unspecified atom stereocenters. The average Bonchev–Trinajstić information content (AvgIpc) is 2.76. The molecule has 0 spiro atoms. The number of benzene rings is 1. The van der Waals surface area contributed by atoms with Crippen molar-refractivity contribution in [2.24, 2.45) is 5.92 Å². The SMILES string of the molecule is CCOC(CN(CCc1ccccc1)C(=O)CNC(=O)C1CCCCC1)OCC. The van der Waals surface area contributed by atoms with E-state index in [2.05, 4.69) is 17.4 Å². The van der Waals surface area contributed by atoms with Crippen molar-refractivity contribution in [1.82, 2.24) is 10.2 Å². The summed E-state index contributed by atoms with van der Waals surface area (Å²) in [7, 11) is 0. The Morgan fingerprint density at radius 1 is 1.07 bits per heavy atom. The summed E-state index contributed by atoms with van der Waals surface area (Å²) in [6, 6.07) is 10.1. The van der Waals surface area contributed by atoms with Gasteiger partial charge in [0, 0.05) is 25.7 Å². The van der Waals surface area contributed by atoms with Gasteiger partial charge in [0.25, 0.3) is 0 Å². The number of amides is 2. The van der Waals surface area contributed by atoms with Crippen molar-refractivity contribution < 1.29 is 19.1 Å². The predicted octanol–water partition coefficient (Wildman–Crippen LogP) is 3.15. The molecule has 6 heteroatoms. The zero-order valence-corrected chi connectivity index (χ0v) is 17.9. The molecule has 0 saturated heterocycles. The maximum absolute atomic E-state index is 12.9. The summed E-state index contributed by atoms with van der Waals surface area (Å²) in [5, 5.41) is 2.86. The molecule has 1 aromatic rings. The van der Waals surface area contributed by atoms with Crippen LogP contribution in [0.25, 0.3) is 0 Å². The first-order valence-corrected chi connectivity index (χ1v) is 11.0. The highest BCUT2D eigenvalue weighted by Crippen LogP contribution is 2.23. The topological polar surface area (TPSA) is 67.9 Å². The summed E-state index contributed by atoms with van der Waals surface area (Å²) < 4.78 is 11.3. The third kappa shape index (κ3) is 8.54. The molecule has 2 amide bonds. The third-order valence-electron chi connectivity index (χ3n) is 5.33. The largest absolute Gasteiger partial charge is 0.351 e. The van der Waals surface area contributed by atoms with E-state index in [0.29, 0.717) is 26.3 Å². The molecule has 1 fully saturated rings. The van der Waals surface area contributed by atoms with Crippen LogP contribution in [0, 0.1) is 5.92 Å². The lowest BCUT2D eigenvalue weighted by Crippen LogP contribution is -2.46. The van der Waals surface area contributed by atoms with Crippen LogP contribution in [-0.2, 0) is 25.5 Å². The van der Waals surface area contributed by atoms with Crippen LogP contribution < -0.4 is 5.32 Å². The number of hydrogen-bond acceptors (Lipinski definition) is 4. The van der Waals surface area contributed by atoms with E-state index < -0.39 is 6.29 Å². The number of hydrogen-bond donors (Lipinski definition) is 1. The van der Waals surface area contributed by atoms with Crippen LogP contribution in [-0.4, -0.2) is 55.9 Å². The van der Waals surface area contributed by atoms with E-state index in [1.807, 2.05) is 32.0 Å². The first kappa shape index (κ1) is 23.4. The van der Waals surface area contributed by atoms with Gasteiger partial charge in [-0.25, -0.2) is 0 Å². The molecular formula is C23H36N2O4. The molecule has 0 aliphatic heterocycles. The maximum atomic E-state index is 12.9. The van der Waals surface area contributed by atoms with E-state index in [9.17, 15) is 9.59 Å². The van der Waals surface area contributed by atoms with Gasteiger partial charge in [0.15, 0.2) is 6.29 Å². The lowest BCUT2D eigenvalue weighted by molar-refractivity contribution is -0.158. The van der Waals surface area contributed by atoms with Crippen LogP contribution in [0.1, 0.15) is 51.5 Å². The smallest absolute Gasteiger partial charge is 0.242 e. The van der Waals surface area contributed by atoms with E-state index >= 15 is 0 Å². The highest BCUT2D eigenvalue weighted by atomic mass is 16.7. The molecule has 1 aliphatic rings. The molecule has 29 heavy (non-hydrogen) atoms. The molecule has 162 valence electrons. The molecular weight excluding hydrogens is 368 g/mol. The summed E-state index contributed by atoms with van der Waals surface area (Å²) >= 11 is 0. The van der Waals surface area contributed by atoms with E-state index in [-0.39, 0.29) is 24.3 Å². The second-order valence-electron chi connectivity index (χ2n) is 7.47. The minimum Gasteiger partial charge on any atom is -0.351 e. The van der Waals surface area contributed by atoms with Gasteiger partial charge in [-0.3, -0.25) is 9.59 Å². The molecule has 0 atom stereocenters. The second-order valence-corrected chi connectivity index (χ2v) is 7.47. The van der Waals surface area contributed by atoms with Crippen LogP contribution in [0.4, 0.5) is 0 Å². The fourth-order valence-corrected chi connectivity index (χ4v) is 3.72. The number of carbonyl (C=O) groups excluding carboxylic acids is 2. The Morgan fingerprint density at radius 3 is 2.34 bits per heavy atom. The fourth-order valence-electron chi connectivity index (χ4n) is 3.72. The predicted molar refractivity (Wildman–Crippen MR) is 113 cm³/mol. The van der Waals surface area contributed by atoms with Crippen molar-refractivity contribution >= 4 is 11.8 Å². The van der Waals surface area contributed by atoms with Crippen molar-refractivity contribution in [2.45, 2.75) is 58.7 Å². The Kier molecular flexibility index (Phi) is 10.7. The normalized spacial score (nSPS) is 14.7. The van der Waals surface area contributed by atoms with Crippen molar-refractivity contribution in [3.05, 3.63) is 35.9 Å². The van der Waals surface area contributed by atoms with Crippen LogP contribution in [0.3, 0.4) is 0 Å². The van der Waals surface area contributed by atoms with Gasteiger partial charge in [-0.15, -0.1) is 0 Å². The van der Waals surface area contributed by atoms with Gasteiger partial charge in [0.05, 0.1) is 13.1 Å². The van der Waals surface area contributed by atoms with E-state index in [1.54, 1.807) is 4.90 Å². The number of ether oxygens (including phenoxy) is 2. The minimum absolute atomic E-state index is 0.00669. The van der Waals surface area contributed by atoms with Gasteiger partial charge in [0.1, 0.15) is 0 Å². The number of nitrogens with zero attached hydrogens (tertiary/aromatic N) is 1. The quantitative estimate of drug-likeness (QED) is 0.544. The molecule has 0 heterocycles. The number of rotatable bonds is 12. The molecule has 0 aromatic heterocycles. The first-order valence-electron chi connectivity index (χ1n) is 11.0. The Hall–Kier alpha value is -1.92. The first-order chi connectivity index (χ1) is 14.1. The average molecular weight is 405 g/mol. The molecule has 6 nitrogen and oxygen atoms in total. The Morgan fingerprint density at radius 2 is 1.72 bits per heavy atom. The third-order valence-corrected chi connectivity index (χ3v) is 5.33. The van der Waals surface area contributed by atoms with E-state index in [1.165, 1.54) is 12.0 Å². The van der Waals surface area contributed by atoms with Gasteiger partial charge in [-0.1, -0.05) is 49.6 Å². The Balaban J connectivity index is 1.93. The molecule has 0 bridgehead atoms. The van der Waals surface area contributed by atoms with Gasteiger partial charge in [0.2, 0.25) is 11.8 Å². The molecule has 1 N–H and O–H groups in total. The Bertz CT molecular complexity index is 596. The van der Waals surface area contributed by atoms with Gasteiger partial charge >= 0.3 is 0 Å². The molecule has 1 aliphatic carbocycles. The summed E-state index contributed by atoms with van der Waals surface area (Å²) in [5.74, 6) is -0.0457. The number of nitrogens with one attached hydrogen (secondary N) is 1. The summed E-state index contributed by atoms with van der Waals surface area (Å²) in [6.45, 7) is 5.78.